The van der Waals surface area contributed by atoms with E-state index in [1.807, 2.05) is 13.8 Å². The maximum Gasteiger partial charge on any atom is 0.387 e. The Labute approximate surface area is 157 Å². The maximum atomic E-state index is 12.0. The Morgan fingerprint density at radius 2 is 2.04 bits per heavy atom. The van der Waals surface area contributed by atoms with Crippen LogP contribution in [-0.4, -0.2) is 17.3 Å². The molecular weight excluding hydrogens is 366 g/mol. The Bertz CT molecular complexity index is 726. The first-order chi connectivity index (χ1) is 11.7. The van der Waals surface area contributed by atoms with Crippen LogP contribution in [0.4, 0.5) is 8.78 Å². The van der Waals surface area contributed by atoms with Gasteiger partial charge >= 0.3 is 6.61 Å². The molecule has 136 valence electrons. The number of benzene rings is 1. The first kappa shape index (κ1) is 21.4. The number of ether oxygens (including phenoxy) is 1. The van der Waals surface area contributed by atoms with Gasteiger partial charge in [-0.3, -0.25) is 0 Å². The van der Waals surface area contributed by atoms with Crippen LogP contribution in [0, 0.1) is 12.3 Å². The van der Waals surface area contributed by atoms with E-state index >= 15 is 0 Å². The summed E-state index contributed by atoms with van der Waals surface area (Å²) in [6.45, 7) is 2.87. The first-order valence-electron chi connectivity index (χ1n) is 7.69. The third kappa shape index (κ3) is 7.40. The minimum absolute atomic E-state index is 0.250. The van der Waals surface area contributed by atoms with E-state index in [1.165, 1.54) is 6.07 Å². The Morgan fingerprint density at radius 3 is 2.56 bits per heavy atom. The number of thiol groups is 1. The smallest absolute Gasteiger partial charge is 0.387 e. The molecule has 1 aromatic carbocycles. The number of halogens is 3. The fraction of sp³-hybridized carbons (Fsp3) is 0.333. The van der Waals surface area contributed by atoms with Gasteiger partial charge in [0.1, 0.15) is 10.9 Å². The van der Waals surface area contributed by atoms with Crippen LogP contribution in [0.25, 0.3) is 0 Å². The summed E-state index contributed by atoms with van der Waals surface area (Å²) in [7, 11) is 0. The third-order valence-electron chi connectivity index (χ3n) is 3.26. The van der Waals surface area contributed by atoms with Crippen molar-refractivity contribution in [3.05, 3.63) is 52.3 Å². The van der Waals surface area contributed by atoms with Crippen molar-refractivity contribution in [2.24, 2.45) is 0 Å². The highest BCUT2D eigenvalue weighted by Gasteiger charge is 2.09. The molecule has 0 spiro atoms. The van der Waals surface area contributed by atoms with E-state index in [0.717, 1.165) is 34.4 Å². The zero-order valence-corrected chi connectivity index (χ0v) is 16.0. The molecule has 0 saturated carbocycles. The second kappa shape index (κ2) is 10.4. The average Bonchev–Trinajstić information content (AvgIpc) is 2.50. The molecule has 0 radical (unpaired) electrons. The van der Waals surface area contributed by atoms with Gasteiger partial charge in [-0.25, -0.2) is 4.98 Å². The quantitative estimate of drug-likeness (QED) is 0.378. The number of rotatable bonds is 5. The van der Waals surface area contributed by atoms with Gasteiger partial charge in [0.05, 0.1) is 0 Å². The van der Waals surface area contributed by atoms with Crippen LogP contribution in [-0.2, 0) is 6.42 Å². The number of nitrogens with zero attached hydrogens (tertiary/aromatic N) is 1. The van der Waals surface area contributed by atoms with E-state index in [9.17, 15) is 8.78 Å². The van der Waals surface area contributed by atoms with Gasteiger partial charge in [0, 0.05) is 22.4 Å². The molecule has 1 N–H and O–H groups in total. The molecule has 0 fully saturated rings. The third-order valence-corrected chi connectivity index (χ3v) is 3.75. The zero-order chi connectivity index (χ0) is 19.0. The molecule has 0 saturated heterocycles. The van der Waals surface area contributed by atoms with Crippen molar-refractivity contribution in [1.82, 2.24) is 4.98 Å². The highest BCUT2D eigenvalue weighted by atomic mass is 35.5. The van der Waals surface area contributed by atoms with Gasteiger partial charge in [-0.05, 0) is 55.7 Å². The van der Waals surface area contributed by atoms with Crippen molar-refractivity contribution in [3.63, 3.8) is 0 Å². The van der Waals surface area contributed by atoms with Crippen molar-refractivity contribution in [2.45, 2.75) is 45.1 Å². The summed E-state index contributed by atoms with van der Waals surface area (Å²) in [4.78, 5) is 4.65. The topological polar surface area (TPSA) is 46.0 Å². The molecule has 0 aliphatic carbocycles. The van der Waals surface area contributed by atoms with Crippen molar-refractivity contribution >= 4 is 29.9 Å². The van der Waals surface area contributed by atoms with Crippen LogP contribution >= 0.6 is 24.2 Å². The van der Waals surface area contributed by atoms with Gasteiger partial charge in [-0.15, -0.1) is 12.6 Å². The van der Waals surface area contributed by atoms with Gasteiger partial charge in [0.15, 0.2) is 0 Å². The van der Waals surface area contributed by atoms with Crippen molar-refractivity contribution in [2.75, 3.05) is 0 Å². The van der Waals surface area contributed by atoms with E-state index < -0.39 is 6.61 Å². The normalized spacial score (nSPS) is 10.2. The molecular formula is C18H21ClF2N2OS. The summed E-state index contributed by atoms with van der Waals surface area (Å²) in [5, 5.41) is 7.84. The predicted octanol–water partition coefficient (Wildman–Crippen LogP) is 5.96. The Morgan fingerprint density at radius 1 is 1.36 bits per heavy atom. The molecule has 0 atom stereocenters. The molecule has 2 aromatic rings. The van der Waals surface area contributed by atoms with Crippen molar-refractivity contribution in [3.8, 4) is 5.75 Å². The van der Waals surface area contributed by atoms with E-state index in [0.29, 0.717) is 10.9 Å². The van der Waals surface area contributed by atoms with Crippen molar-refractivity contribution in [1.29, 1.82) is 5.41 Å². The fourth-order valence-electron chi connectivity index (χ4n) is 2.16. The molecule has 2 rings (SSSR count). The molecule has 1 heterocycles. The lowest BCUT2D eigenvalue weighted by Crippen LogP contribution is -2.04. The number of aryl methyl sites for hydroxylation is 2. The summed E-state index contributed by atoms with van der Waals surface area (Å²) in [6, 6.07) is 6.68. The van der Waals surface area contributed by atoms with E-state index in [2.05, 4.69) is 22.3 Å². The van der Waals surface area contributed by atoms with Crippen molar-refractivity contribution < 1.29 is 13.5 Å². The van der Waals surface area contributed by atoms with E-state index in [4.69, 9.17) is 17.0 Å². The standard InChI is InChI=1S/C10H12F2OS.C8H9ClN2/c1-2-3-7-6-8(14)4-5-9(7)13-10(11)12;1-5-3-8(9)11-4-7(5)6(2)10/h4-6,10,14H,2-3H2,1H3;3-4,10H,1-2H3. The molecule has 0 aliphatic rings. The van der Waals surface area contributed by atoms with Gasteiger partial charge in [0.25, 0.3) is 0 Å². The first-order valence-corrected chi connectivity index (χ1v) is 8.51. The molecule has 0 aliphatic heterocycles. The van der Waals surface area contributed by atoms with Gasteiger partial charge < -0.3 is 10.1 Å². The SMILES string of the molecule is CC(=N)c1cnc(Cl)cc1C.CCCc1cc(S)ccc1OC(F)F. The second-order valence-corrected chi connectivity index (χ2v) is 6.27. The van der Waals surface area contributed by atoms with E-state index in [1.54, 1.807) is 31.3 Å². The molecule has 3 nitrogen and oxygen atoms in total. The van der Waals surface area contributed by atoms with Crippen LogP contribution in [0.2, 0.25) is 5.15 Å². The molecule has 0 unspecified atom stereocenters. The number of nitrogens with one attached hydrogen (secondary N) is 1. The molecule has 0 amide bonds. The Balaban J connectivity index is 0.000000257. The number of hydrogen-bond acceptors (Lipinski definition) is 4. The Kier molecular flexibility index (Phi) is 8.86. The minimum atomic E-state index is -2.77. The summed E-state index contributed by atoms with van der Waals surface area (Å²) < 4.78 is 28.4. The second-order valence-electron chi connectivity index (χ2n) is 5.37. The van der Waals surface area contributed by atoms with Gasteiger partial charge in [-0.2, -0.15) is 8.78 Å². The number of alkyl halides is 2. The minimum Gasteiger partial charge on any atom is -0.435 e. The van der Waals surface area contributed by atoms with Gasteiger partial charge in [-0.1, -0.05) is 24.9 Å². The highest BCUT2D eigenvalue weighted by molar-refractivity contribution is 7.80. The van der Waals surface area contributed by atoms with Crippen LogP contribution in [0.5, 0.6) is 5.75 Å². The highest BCUT2D eigenvalue weighted by Crippen LogP contribution is 2.24. The van der Waals surface area contributed by atoms with Crippen LogP contribution < -0.4 is 4.74 Å². The average molecular weight is 387 g/mol. The van der Waals surface area contributed by atoms with Crippen LogP contribution in [0.15, 0.2) is 35.4 Å². The summed E-state index contributed by atoms with van der Waals surface area (Å²) in [5.74, 6) is 0.250. The number of aromatic nitrogens is 1. The van der Waals surface area contributed by atoms with Crippen LogP contribution in [0.1, 0.15) is 37.0 Å². The summed E-state index contributed by atoms with van der Waals surface area (Å²) >= 11 is 9.78. The molecule has 0 bridgehead atoms. The monoisotopic (exact) mass is 386 g/mol. The lowest BCUT2D eigenvalue weighted by Gasteiger charge is -2.10. The van der Waals surface area contributed by atoms with Gasteiger partial charge in [0.2, 0.25) is 0 Å². The summed E-state index contributed by atoms with van der Waals surface area (Å²) in [5.41, 5.74) is 3.15. The molecule has 7 heteroatoms. The lowest BCUT2D eigenvalue weighted by molar-refractivity contribution is -0.0504. The largest absolute Gasteiger partial charge is 0.435 e. The summed E-state index contributed by atoms with van der Waals surface area (Å²) in [6.07, 6.45) is 3.23. The van der Waals surface area contributed by atoms with Crippen LogP contribution in [0.3, 0.4) is 0 Å². The Hall–Kier alpha value is -1.66. The zero-order valence-electron chi connectivity index (χ0n) is 14.3. The molecule has 1 aromatic heterocycles. The fourth-order valence-corrected chi connectivity index (χ4v) is 2.60. The lowest BCUT2D eigenvalue weighted by atomic mass is 10.1. The number of pyridine rings is 1. The number of hydrogen-bond donors (Lipinski definition) is 2. The molecule has 25 heavy (non-hydrogen) atoms. The maximum absolute atomic E-state index is 12.0. The predicted molar refractivity (Wildman–Crippen MR) is 101 cm³/mol. The van der Waals surface area contributed by atoms with E-state index in [-0.39, 0.29) is 5.75 Å².